The van der Waals surface area contributed by atoms with E-state index < -0.39 is 0 Å². The van der Waals surface area contributed by atoms with Crippen molar-refractivity contribution in [2.75, 3.05) is 0 Å². The van der Waals surface area contributed by atoms with E-state index in [0.717, 1.165) is 17.9 Å². The van der Waals surface area contributed by atoms with E-state index in [1.165, 1.54) is 5.56 Å². The van der Waals surface area contributed by atoms with Gasteiger partial charge in [0.2, 0.25) is 0 Å². The van der Waals surface area contributed by atoms with E-state index in [0.29, 0.717) is 6.04 Å². The molecule has 2 heteroatoms. The molecular weight excluding hydrogens is 198 g/mol. The van der Waals surface area contributed by atoms with Gasteiger partial charge in [0.1, 0.15) is 5.76 Å². The largest absolute Gasteiger partial charge is 0.464 e. The zero-order valence-corrected chi connectivity index (χ0v) is 9.73. The molecule has 0 saturated heterocycles. The Kier molecular flexibility index (Phi) is 3.42. The van der Waals surface area contributed by atoms with Gasteiger partial charge in [-0.25, -0.2) is 0 Å². The van der Waals surface area contributed by atoms with Crippen LogP contribution in [0.2, 0.25) is 0 Å². The van der Waals surface area contributed by atoms with Crippen molar-refractivity contribution in [3.05, 3.63) is 48.2 Å². The summed E-state index contributed by atoms with van der Waals surface area (Å²) < 4.78 is 5.34. The zero-order chi connectivity index (χ0) is 11.4. The molecule has 84 valence electrons. The maximum atomic E-state index is 5.34. The summed E-state index contributed by atoms with van der Waals surface area (Å²) in [4.78, 5) is 0. The molecule has 1 heterocycles. The van der Waals surface area contributed by atoms with Crippen LogP contribution in [0.25, 0.3) is 11.3 Å². The summed E-state index contributed by atoms with van der Waals surface area (Å²) in [5.41, 5.74) is 2.42. The van der Waals surface area contributed by atoms with E-state index in [4.69, 9.17) is 4.42 Å². The molecule has 0 aliphatic carbocycles. The molecule has 0 bridgehead atoms. The van der Waals surface area contributed by atoms with Crippen LogP contribution in [0, 0.1) is 0 Å². The Morgan fingerprint density at radius 3 is 2.44 bits per heavy atom. The molecule has 0 aliphatic heterocycles. The highest BCUT2D eigenvalue weighted by molar-refractivity contribution is 5.57. The number of rotatable bonds is 4. The van der Waals surface area contributed by atoms with E-state index in [9.17, 15) is 0 Å². The molecule has 0 amide bonds. The maximum Gasteiger partial charge on any atom is 0.133 e. The molecule has 16 heavy (non-hydrogen) atoms. The van der Waals surface area contributed by atoms with Crippen molar-refractivity contribution in [3.8, 4) is 11.3 Å². The normalized spacial score (nSPS) is 10.9. The number of hydrogen-bond donors (Lipinski definition) is 1. The number of furan rings is 1. The second-order valence-corrected chi connectivity index (χ2v) is 4.21. The van der Waals surface area contributed by atoms with E-state index in [1.807, 2.05) is 12.1 Å². The molecule has 1 aromatic carbocycles. The van der Waals surface area contributed by atoms with Gasteiger partial charge in [-0.15, -0.1) is 0 Å². The van der Waals surface area contributed by atoms with Gasteiger partial charge >= 0.3 is 0 Å². The molecule has 0 spiro atoms. The van der Waals surface area contributed by atoms with Gasteiger partial charge in [0.15, 0.2) is 0 Å². The van der Waals surface area contributed by atoms with Gasteiger partial charge in [-0.2, -0.15) is 0 Å². The molecule has 0 fully saturated rings. The fourth-order valence-electron chi connectivity index (χ4n) is 1.55. The molecule has 2 aromatic rings. The SMILES string of the molecule is CC(C)NCc1ccc(-c2ccco2)cc1. The molecule has 1 N–H and O–H groups in total. The summed E-state index contributed by atoms with van der Waals surface area (Å²) >= 11 is 0. The number of benzene rings is 1. The van der Waals surface area contributed by atoms with Gasteiger partial charge in [-0.05, 0) is 17.7 Å². The average molecular weight is 215 g/mol. The third kappa shape index (κ3) is 2.74. The lowest BCUT2D eigenvalue weighted by Gasteiger charge is -2.08. The van der Waals surface area contributed by atoms with Crippen LogP contribution in [0.5, 0.6) is 0 Å². The van der Waals surface area contributed by atoms with Crippen molar-refractivity contribution in [2.24, 2.45) is 0 Å². The van der Waals surface area contributed by atoms with Gasteiger partial charge in [-0.1, -0.05) is 38.1 Å². The van der Waals surface area contributed by atoms with E-state index in [-0.39, 0.29) is 0 Å². The molecular formula is C14H17NO. The third-order valence-electron chi connectivity index (χ3n) is 2.47. The van der Waals surface area contributed by atoms with Crippen LogP contribution in [-0.2, 0) is 6.54 Å². The second-order valence-electron chi connectivity index (χ2n) is 4.21. The predicted octanol–water partition coefficient (Wildman–Crippen LogP) is 3.44. The highest BCUT2D eigenvalue weighted by Gasteiger charge is 2.00. The minimum absolute atomic E-state index is 0.518. The Balaban J connectivity index is 2.05. The van der Waals surface area contributed by atoms with Crippen LogP contribution >= 0.6 is 0 Å². The molecule has 0 radical (unpaired) electrons. The van der Waals surface area contributed by atoms with Gasteiger partial charge in [0.05, 0.1) is 6.26 Å². The molecule has 0 atom stereocenters. The highest BCUT2D eigenvalue weighted by Crippen LogP contribution is 2.19. The summed E-state index contributed by atoms with van der Waals surface area (Å²) in [6.07, 6.45) is 1.70. The Morgan fingerprint density at radius 1 is 1.12 bits per heavy atom. The van der Waals surface area contributed by atoms with Crippen LogP contribution in [0.3, 0.4) is 0 Å². The minimum Gasteiger partial charge on any atom is -0.464 e. The predicted molar refractivity (Wildman–Crippen MR) is 66.1 cm³/mol. The Labute approximate surface area is 96.3 Å². The van der Waals surface area contributed by atoms with E-state index in [1.54, 1.807) is 6.26 Å². The standard InChI is InChI=1S/C14H17NO/c1-11(2)15-10-12-5-7-13(8-6-12)14-4-3-9-16-14/h3-9,11,15H,10H2,1-2H3. The van der Waals surface area contributed by atoms with Crippen molar-refractivity contribution in [1.82, 2.24) is 5.32 Å². The highest BCUT2D eigenvalue weighted by atomic mass is 16.3. The van der Waals surface area contributed by atoms with Gasteiger partial charge < -0.3 is 9.73 Å². The summed E-state index contributed by atoms with van der Waals surface area (Å²) in [6, 6.07) is 12.8. The summed E-state index contributed by atoms with van der Waals surface area (Å²) in [6.45, 7) is 5.21. The summed E-state index contributed by atoms with van der Waals surface area (Å²) in [5.74, 6) is 0.920. The lowest BCUT2D eigenvalue weighted by molar-refractivity contribution is 0.581. The van der Waals surface area contributed by atoms with Crippen LogP contribution in [0.1, 0.15) is 19.4 Å². The first kappa shape index (κ1) is 11.0. The molecule has 0 aliphatic rings. The molecule has 2 rings (SSSR count). The van der Waals surface area contributed by atoms with Crippen LogP contribution in [0.4, 0.5) is 0 Å². The van der Waals surface area contributed by atoms with Crippen LogP contribution in [0.15, 0.2) is 47.1 Å². The van der Waals surface area contributed by atoms with Crippen molar-refractivity contribution in [2.45, 2.75) is 26.4 Å². The van der Waals surface area contributed by atoms with E-state index >= 15 is 0 Å². The maximum absolute atomic E-state index is 5.34. The second kappa shape index (κ2) is 4.99. The number of hydrogen-bond acceptors (Lipinski definition) is 2. The fourth-order valence-corrected chi connectivity index (χ4v) is 1.55. The number of nitrogens with one attached hydrogen (secondary N) is 1. The summed E-state index contributed by atoms with van der Waals surface area (Å²) in [7, 11) is 0. The zero-order valence-electron chi connectivity index (χ0n) is 9.73. The first-order valence-electron chi connectivity index (χ1n) is 5.62. The Morgan fingerprint density at radius 2 is 1.88 bits per heavy atom. The molecule has 0 unspecified atom stereocenters. The van der Waals surface area contributed by atoms with E-state index in [2.05, 4.69) is 43.4 Å². The monoisotopic (exact) mass is 215 g/mol. The van der Waals surface area contributed by atoms with Gasteiger partial charge in [0.25, 0.3) is 0 Å². The molecule has 0 saturated carbocycles. The molecule has 1 aromatic heterocycles. The van der Waals surface area contributed by atoms with Crippen LogP contribution < -0.4 is 5.32 Å². The fraction of sp³-hybridized carbons (Fsp3) is 0.286. The topological polar surface area (TPSA) is 25.2 Å². The van der Waals surface area contributed by atoms with Crippen LogP contribution in [-0.4, -0.2) is 6.04 Å². The lowest BCUT2D eigenvalue weighted by Crippen LogP contribution is -2.21. The van der Waals surface area contributed by atoms with Crippen molar-refractivity contribution < 1.29 is 4.42 Å². The quantitative estimate of drug-likeness (QED) is 0.845. The minimum atomic E-state index is 0.518. The Bertz CT molecular complexity index is 415. The van der Waals surface area contributed by atoms with Gasteiger partial charge in [0, 0.05) is 18.2 Å². The lowest BCUT2D eigenvalue weighted by atomic mass is 10.1. The van der Waals surface area contributed by atoms with Crippen molar-refractivity contribution in [1.29, 1.82) is 0 Å². The van der Waals surface area contributed by atoms with Crippen molar-refractivity contribution in [3.63, 3.8) is 0 Å². The first-order valence-corrected chi connectivity index (χ1v) is 5.62. The van der Waals surface area contributed by atoms with Crippen molar-refractivity contribution >= 4 is 0 Å². The summed E-state index contributed by atoms with van der Waals surface area (Å²) in [5, 5.41) is 3.39. The smallest absolute Gasteiger partial charge is 0.133 e. The van der Waals surface area contributed by atoms with Gasteiger partial charge in [-0.3, -0.25) is 0 Å². The molecule has 2 nitrogen and oxygen atoms in total. The third-order valence-corrected chi connectivity index (χ3v) is 2.47. The Hall–Kier alpha value is -1.54. The average Bonchev–Trinajstić information content (AvgIpc) is 2.80. The first-order chi connectivity index (χ1) is 7.75.